The fraction of sp³-hybridized carbons (Fsp3) is 0.545. The Morgan fingerprint density at radius 1 is 1.31 bits per heavy atom. The fourth-order valence-corrected chi connectivity index (χ4v) is 4.25. The summed E-state index contributed by atoms with van der Waals surface area (Å²) in [4.78, 5) is 16.5. The number of hydrogen-bond acceptors (Lipinski definition) is 3. The average Bonchev–Trinajstić information content (AvgIpc) is 2.90. The van der Waals surface area contributed by atoms with Gasteiger partial charge in [-0.25, -0.2) is 9.78 Å². The SMILES string of the molecule is CCC(OC1CCCCc2nc(C(C)C)n(Cc3ccc(Cl)c(Cl)c3)c21)C(=O)O. The summed E-state index contributed by atoms with van der Waals surface area (Å²) in [5.41, 5.74) is 3.06. The van der Waals surface area contributed by atoms with E-state index in [0.717, 1.165) is 48.5 Å². The maximum atomic E-state index is 11.6. The summed E-state index contributed by atoms with van der Waals surface area (Å²) in [5, 5.41) is 10.5. The second kappa shape index (κ2) is 9.50. The summed E-state index contributed by atoms with van der Waals surface area (Å²) in [6.45, 7) is 6.67. The Kier molecular flexibility index (Phi) is 7.25. The third-order valence-corrected chi connectivity index (χ3v) is 6.10. The van der Waals surface area contributed by atoms with Gasteiger partial charge in [-0.2, -0.15) is 0 Å². The van der Waals surface area contributed by atoms with Crippen LogP contribution in [0.4, 0.5) is 0 Å². The molecule has 5 nitrogen and oxygen atoms in total. The van der Waals surface area contributed by atoms with E-state index in [2.05, 4.69) is 18.4 Å². The van der Waals surface area contributed by atoms with Crippen LogP contribution >= 0.6 is 23.2 Å². The number of aliphatic carboxylic acids is 1. The van der Waals surface area contributed by atoms with E-state index in [0.29, 0.717) is 23.0 Å². The number of hydrogen-bond donors (Lipinski definition) is 1. The zero-order valence-corrected chi connectivity index (χ0v) is 18.6. The summed E-state index contributed by atoms with van der Waals surface area (Å²) < 4.78 is 8.31. The van der Waals surface area contributed by atoms with Crippen molar-refractivity contribution in [1.82, 2.24) is 9.55 Å². The molecule has 0 saturated heterocycles. The van der Waals surface area contributed by atoms with Gasteiger partial charge in [0.1, 0.15) is 11.9 Å². The van der Waals surface area contributed by atoms with E-state index in [4.69, 9.17) is 32.9 Å². The molecule has 1 N–H and O–H groups in total. The molecule has 0 spiro atoms. The predicted octanol–water partition coefficient (Wildman–Crippen LogP) is 6.01. The lowest BCUT2D eigenvalue weighted by molar-refractivity contribution is -0.155. The first-order valence-corrected chi connectivity index (χ1v) is 11.0. The number of benzene rings is 1. The first-order chi connectivity index (χ1) is 13.8. The van der Waals surface area contributed by atoms with Gasteiger partial charge in [-0.15, -0.1) is 0 Å². The van der Waals surface area contributed by atoms with Gasteiger partial charge in [-0.3, -0.25) is 0 Å². The van der Waals surface area contributed by atoms with Crippen LogP contribution in [0.5, 0.6) is 0 Å². The fourth-order valence-electron chi connectivity index (χ4n) is 3.92. The van der Waals surface area contributed by atoms with Crippen molar-refractivity contribution in [2.24, 2.45) is 0 Å². The van der Waals surface area contributed by atoms with E-state index < -0.39 is 12.1 Å². The second-order valence-corrected chi connectivity index (χ2v) is 8.71. The zero-order valence-electron chi connectivity index (χ0n) is 17.1. The quantitative estimate of drug-likeness (QED) is 0.537. The van der Waals surface area contributed by atoms with Crippen LogP contribution in [0, 0.1) is 0 Å². The molecule has 3 rings (SSSR count). The Bertz CT molecular complexity index is 879. The molecule has 29 heavy (non-hydrogen) atoms. The van der Waals surface area contributed by atoms with Crippen molar-refractivity contribution in [3.8, 4) is 0 Å². The summed E-state index contributed by atoms with van der Waals surface area (Å²) in [5.74, 6) is 0.296. The molecule has 0 aliphatic heterocycles. The minimum absolute atomic E-state index is 0.229. The molecule has 1 aromatic carbocycles. The Labute approximate surface area is 182 Å². The molecule has 2 atom stereocenters. The molecule has 1 aliphatic carbocycles. The summed E-state index contributed by atoms with van der Waals surface area (Å²) in [7, 11) is 0. The molecule has 0 radical (unpaired) electrons. The Hall–Kier alpha value is -1.56. The van der Waals surface area contributed by atoms with Crippen LogP contribution in [0.3, 0.4) is 0 Å². The third-order valence-electron chi connectivity index (χ3n) is 5.36. The maximum absolute atomic E-state index is 11.6. The number of fused-ring (bicyclic) bond motifs is 1. The molecular weight excluding hydrogens is 411 g/mol. The van der Waals surface area contributed by atoms with Crippen LogP contribution in [0.2, 0.25) is 10.0 Å². The molecule has 0 bridgehead atoms. The number of ether oxygens (including phenoxy) is 1. The maximum Gasteiger partial charge on any atom is 0.332 e. The Morgan fingerprint density at radius 3 is 2.69 bits per heavy atom. The van der Waals surface area contributed by atoms with Gasteiger partial charge in [-0.05, 0) is 43.4 Å². The van der Waals surface area contributed by atoms with Gasteiger partial charge in [-0.1, -0.05) is 56.5 Å². The number of imidazole rings is 1. The molecule has 2 unspecified atom stereocenters. The van der Waals surface area contributed by atoms with Gasteiger partial charge in [0.25, 0.3) is 0 Å². The molecule has 0 saturated carbocycles. The summed E-state index contributed by atoms with van der Waals surface area (Å²) in [6.07, 6.45) is 3.02. The van der Waals surface area contributed by atoms with Gasteiger partial charge < -0.3 is 14.4 Å². The number of aromatic nitrogens is 2. The van der Waals surface area contributed by atoms with Crippen molar-refractivity contribution in [2.75, 3.05) is 0 Å². The molecular formula is C22H28Cl2N2O3. The highest BCUT2D eigenvalue weighted by molar-refractivity contribution is 6.42. The van der Waals surface area contributed by atoms with Crippen LogP contribution in [0.1, 0.15) is 81.3 Å². The van der Waals surface area contributed by atoms with Crippen molar-refractivity contribution in [2.45, 2.75) is 77.5 Å². The monoisotopic (exact) mass is 438 g/mol. The van der Waals surface area contributed by atoms with Crippen molar-refractivity contribution < 1.29 is 14.6 Å². The molecule has 1 aromatic heterocycles. The molecule has 158 valence electrons. The first kappa shape index (κ1) is 22.1. The minimum Gasteiger partial charge on any atom is -0.479 e. The lowest BCUT2D eigenvalue weighted by Gasteiger charge is -2.24. The third kappa shape index (κ3) is 4.96. The van der Waals surface area contributed by atoms with Gasteiger partial charge in [0.2, 0.25) is 0 Å². The number of aryl methyl sites for hydroxylation is 1. The van der Waals surface area contributed by atoms with Crippen molar-refractivity contribution in [3.63, 3.8) is 0 Å². The van der Waals surface area contributed by atoms with Crippen LogP contribution in [-0.2, 0) is 22.5 Å². The average molecular weight is 439 g/mol. The molecule has 1 aliphatic rings. The van der Waals surface area contributed by atoms with Gasteiger partial charge in [0, 0.05) is 12.5 Å². The predicted molar refractivity (Wildman–Crippen MR) is 115 cm³/mol. The standard InChI is InChI=1S/C22H28Cl2N2O3/c1-4-18(22(27)28)29-19-8-6-5-7-17-20(19)26(21(25-17)13(2)3)12-14-9-10-15(23)16(24)11-14/h9-11,13,18-19H,4-8,12H2,1-3H3,(H,27,28). The number of carboxylic acids is 1. The molecule has 0 fully saturated rings. The number of halogens is 2. The van der Waals surface area contributed by atoms with Gasteiger partial charge >= 0.3 is 5.97 Å². The van der Waals surface area contributed by atoms with E-state index >= 15 is 0 Å². The van der Waals surface area contributed by atoms with E-state index in [-0.39, 0.29) is 12.0 Å². The van der Waals surface area contributed by atoms with E-state index in [9.17, 15) is 9.90 Å². The Balaban J connectivity index is 2.05. The van der Waals surface area contributed by atoms with Crippen molar-refractivity contribution in [1.29, 1.82) is 0 Å². The minimum atomic E-state index is -0.919. The van der Waals surface area contributed by atoms with E-state index in [1.807, 2.05) is 19.1 Å². The highest BCUT2D eigenvalue weighted by Gasteiger charge is 2.31. The Morgan fingerprint density at radius 2 is 2.07 bits per heavy atom. The normalized spacial score (nSPS) is 17.8. The van der Waals surface area contributed by atoms with Crippen LogP contribution in [-0.4, -0.2) is 26.7 Å². The van der Waals surface area contributed by atoms with Crippen molar-refractivity contribution >= 4 is 29.2 Å². The highest BCUT2D eigenvalue weighted by atomic mass is 35.5. The first-order valence-electron chi connectivity index (χ1n) is 10.2. The van der Waals surface area contributed by atoms with Crippen LogP contribution in [0.15, 0.2) is 18.2 Å². The van der Waals surface area contributed by atoms with Gasteiger partial charge in [0.15, 0.2) is 6.10 Å². The second-order valence-electron chi connectivity index (χ2n) is 7.90. The largest absolute Gasteiger partial charge is 0.479 e. The lowest BCUT2D eigenvalue weighted by atomic mass is 10.1. The number of carbonyl (C=O) groups is 1. The number of nitrogens with zero attached hydrogens (tertiary/aromatic N) is 2. The molecule has 7 heteroatoms. The van der Waals surface area contributed by atoms with Crippen LogP contribution < -0.4 is 0 Å². The highest BCUT2D eigenvalue weighted by Crippen LogP contribution is 2.36. The number of rotatable bonds is 7. The topological polar surface area (TPSA) is 64.4 Å². The molecule has 2 aromatic rings. The summed E-state index contributed by atoms with van der Waals surface area (Å²) in [6, 6.07) is 5.64. The van der Waals surface area contributed by atoms with Crippen LogP contribution in [0.25, 0.3) is 0 Å². The summed E-state index contributed by atoms with van der Waals surface area (Å²) >= 11 is 12.3. The smallest absolute Gasteiger partial charge is 0.332 e. The number of carboxylic acid groups (broad SMARTS) is 1. The zero-order chi connectivity index (χ0) is 21.1. The lowest BCUT2D eigenvalue weighted by Crippen LogP contribution is -2.26. The van der Waals surface area contributed by atoms with Crippen molar-refractivity contribution in [3.05, 3.63) is 51.0 Å². The molecule has 1 heterocycles. The van der Waals surface area contributed by atoms with E-state index in [1.54, 1.807) is 6.07 Å². The van der Waals surface area contributed by atoms with Gasteiger partial charge in [0.05, 0.1) is 21.4 Å². The van der Waals surface area contributed by atoms with E-state index in [1.165, 1.54) is 0 Å². The molecule has 0 amide bonds.